The zero-order valence-corrected chi connectivity index (χ0v) is 17.0. The Hall–Kier alpha value is -1.73. The maximum absolute atomic E-state index is 10.4. The van der Waals surface area contributed by atoms with Gasteiger partial charge < -0.3 is 4.55 Å². The number of aryl methyl sites for hydroxylation is 1. The van der Waals surface area contributed by atoms with Crippen molar-refractivity contribution < 1.29 is 34.2 Å². The maximum Gasteiger partial charge on any atom is 0.369 e. The van der Waals surface area contributed by atoms with E-state index in [1.54, 1.807) is 23.5 Å². The Morgan fingerprint density at radius 3 is 2.36 bits per heavy atom. The predicted molar refractivity (Wildman–Crippen MR) is 92.0 cm³/mol. The van der Waals surface area contributed by atoms with Gasteiger partial charge in [-0.05, 0) is 42.6 Å². The van der Waals surface area contributed by atoms with E-state index in [2.05, 4.69) is 29.6 Å². The lowest BCUT2D eigenvalue weighted by Crippen LogP contribution is -3.61. The first kappa shape index (κ1) is 19.6. The third kappa shape index (κ3) is 6.59. The van der Waals surface area contributed by atoms with Crippen LogP contribution in [-0.2, 0) is 10.1 Å². The molecular weight excluding hydrogens is 469 g/mol. The lowest BCUT2D eigenvalue weighted by Gasteiger charge is -2.05. The second-order valence-electron chi connectivity index (χ2n) is 4.90. The monoisotopic (exact) mass is 483 g/mol. The molecular formula is C18H14INO3S2. The number of nitrogens with zero attached hydrogens (tertiary/aromatic N) is 1. The van der Waals surface area contributed by atoms with Gasteiger partial charge in [0, 0.05) is 12.1 Å². The molecule has 25 heavy (non-hydrogen) atoms. The summed E-state index contributed by atoms with van der Waals surface area (Å²) in [5.74, 6) is 0. The molecule has 1 aromatic heterocycles. The van der Waals surface area contributed by atoms with Crippen molar-refractivity contribution in [2.24, 2.45) is 0 Å². The number of rotatable bonds is 3. The minimum absolute atomic E-state index is 0.0892. The fourth-order valence-corrected chi connectivity index (χ4v) is 6.00. The molecule has 0 aliphatic rings. The number of thiophene rings is 1. The highest BCUT2D eigenvalue weighted by atomic mass is 127. The van der Waals surface area contributed by atoms with E-state index in [4.69, 9.17) is 5.26 Å². The van der Waals surface area contributed by atoms with Crippen LogP contribution in [0.3, 0.4) is 0 Å². The van der Waals surface area contributed by atoms with Crippen LogP contribution >= 0.6 is 11.3 Å². The fourth-order valence-electron chi connectivity index (χ4n) is 1.74. The Bertz CT molecular complexity index is 960. The molecule has 4 nitrogen and oxygen atoms in total. The topological polar surface area (TPSA) is 81.0 Å². The van der Waals surface area contributed by atoms with Crippen LogP contribution in [-0.4, -0.2) is 13.0 Å². The van der Waals surface area contributed by atoms with Gasteiger partial charge in [0.25, 0.3) is 0 Å². The molecule has 0 N–H and O–H groups in total. The molecule has 0 unspecified atom stereocenters. The van der Waals surface area contributed by atoms with Crippen LogP contribution in [0.25, 0.3) is 0 Å². The quantitative estimate of drug-likeness (QED) is 0.405. The Balaban J connectivity index is 0.000000186. The predicted octanol–water partition coefficient (Wildman–Crippen LogP) is 0.647. The Morgan fingerprint density at radius 2 is 1.80 bits per heavy atom. The molecule has 1 heterocycles. The molecule has 0 aliphatic carbocycles. The smallest absolute Gasteiger partial charge is 0.369 e. The van der Waals surface area contributed by atoms with E-state index in [0.29, 0.717) is 0 Å². The maximum atomic E-state index is 10.4. The van der Waals surface area contributed by atoms with Gasteiger partial charge in [0.15, 0.2) is 3.57 Å². The summed E-state index contributed by atoms with van der Waals surface area (Å²) in [6.45, 7) is 1.82. The average Bonchev–Trinajstić information content (AvgIpc) is 3.08. The van der Waals surface area contributed by atoms with Crippen molar-refractivity contribution in [1.29, 1.82) is 5.26 Å². The van der Waals surface area contributed by atoms with Gasteiger partial charge >= 0.3 is 21.2 Å². The molecule has 0 saturated carbocycles. The highest BCUT2D eigenvalue weighted by molar-refractivity contribution is 7.85. The minimum Gasteiger partial charge on any atom is -0.744 e. The molecule has 128 valence electrons. The highest BCUT2D eigenvalue weighted by Crippen LogP contribution is 2.08. The number of nitriles is 1. The van der Waals surface area contributed by atoms with E-state index < -0.39 is 10.1 Å². The van der Waals surface area contributed by atoms with Crippen molar-refractivity contribution in [2.75, 3.05) is 0 Å². The molecule has 3 rings (SSSR count). The van der Waals surface area contributed by atoms with Gasteiger partial charge in [0.05, 0.1) is 16.5 Å². The van der Waals surface area contributed by atoms with Crippen LogP contribution in [0.2, 0.25) is 0 Å². The third-order valence-electron chi connectivity index (χ3n) is 2.95. The van der Waals surface area contributed by atoms with E-state index in [1.165, 1.54) is 18.6 Å². The van der Waals surface area contributed by atoms with Crippen molar-refractivity contribution >= 4 is 21.5 Å². The van der Waals surface area contributed by atoms with Crippen molar-refractivity contribution in [3.63, 3.8) is 0 Å². The Labute approximate surface area is 161 Å². The van der Waals surface area contributed by atoms with Crippen molar-refractivity contribution in [2.45, 2.75) is 11.8 Å². The molecule has 0 atom stereocenters. The highest BCUT2D eigenvalue weighted by Gasteiger charge is 2.16. The Morgan fingerprint density at radius 1 is 1.08 bits per heavy atom. The van der Waals surface area contributed by atoms with Crippen LogP contribution in [0, 0.1) is 24.7 Å². The van der Waals surface area contributed by atoms with Crippen molar-refractivity contribution in [3.05, 3.63) is 83.6 Å². The summed E-state index contributed by atoms with van der Waals surface area (Å²) >= 11 is 1.71. The molecule has 0 spiro atoms. The van der Waals surface area contributed by atoms with Gasteiger partial charge in [-0.25, -0.2) is 8.42 Å². The van der Waals surface area contributed by atoms with Gasteiger partial charge in [-0.3, -0.25) is 0 Å². The van der Waals surface area contributed by atoms with Crippen LogP contribution < -0.4 is 21.2 Å². The van der Waals surface area contributed by atoms with E-state index in [0.717, 1.165) is 11.1 Å². The summed E-state index contributed by atoms with van der Waals surface area (Å²) < 4.78 is 33.9. The SMILES string of the molecule is Cc1ccc(S(=O)(=O)[O-])cc1.N#Cc1cccc([I+]c2cccs2)c1. The van der Waals surface area contributed by atoms with Crippen LogP contribution in [0.15, 0.2) is 70.9 Å². The summed E-state index contributed by atoms with van der Waals surface area (Å²) in [6, 6.07) is 20.1. The summed E-state index contributed by atoms with van der Waals surface area (Å²) in [7, 11) is -4.27. The zero-order chi connectivity index (χ0) is 18.3. The first-order valence-corrected chi connectivity index (χ1v) is 11.5. The van der Waals surface area contributed by atoms with Crippen molar-refractivity contribution in [1.82, 2.24) is 0 Å². The number of hydrogen-bond donors (Lipinski definition) is 0. The molecule has 0 saturated heterocycles. The molecule has 0 fully saturated rings. The number of benzene rings is 2. The normalized spacial score (nSPS) is 10.4. The van der Waals surface area contributed by atoms with Crippen LogP contribution in [0.4, 0.5) is 0 Å². The van der Waals surface area contributed by atoms with Gasteiger partial charge in [-0.2, -0.15) is 5.26 Å². The standard InChI is InChI=1S/C11H7INS.C7H8O3S/c13-8-9-3-1-4-10(7-9)12-11-5-2-6-14-11;1-6-2-4-7(5-3-6)11(8,9)10/h1-7H;2-5H,1H3,(H,8,9,10)/q+1;/p-1. The molecule has 7 heteroatoms. The van der Waals surface area contributed by atoms with Gasteiger partial charge in [0.1, 0.15) is 10.1 Å². The van der Waals surface area contributed by atoms with E-state index >= 15 is 0 Å². The average molecular weight is 483 g/mol. The van der Waals surface area contributed by atoms with E-state index in [9.17, 15) is 13.0 Å². The first-order valence-electron chi connectivity index (χ1n) is 7.09. The largest absolute Gasteiger partial charge is 0.744 e. The molecule has 0 amide bonds. The van der Waals surface area contributed by atoms with Gasteiger partial charge in [0.2, 0.25) is 2.88 Å². The van der Waals surface area contributed by atoms with E-state index in [1.807, 2.05) is 25.1 Å². The van der Waals surface area contributed by atoms with Gasteiger partial charge in [-0.15, -0.1) is 0 Å². The molecule has 0 aliphatic heterocycles. The second-order valence-corrected chi connectivity index (χ2v) is 10.9. The van der Waals surface area contributed by atoms with Crippen LogP contribution in [0.5, 0.6) is 0 Å². The Kier molecular flexibility index (Phi) is 7.13. The fraction of sp³-hybridized carbons (Fsp3) is 0.0556. The summed E-state index contributed by atoms with van der Waals surface area (Å²) in [5.41, 5.74) is 1.69. The summed E-state index contributed by atoms with van der Waals surface area (Å²) in [4.78, 5) is -0.178. The second kappa shape index (κ2) is 9.10. The van der Waals surface area contributed by atoms with Gasteiger partial charge in [-0.1, -0.05) is 35.1 Å². The zero-order valence-electron chi connectivity index (χ0n) is 13.2. The lowest BCUT2D eigenvalue weighted by atomic mass is 10.2. The summed E-state index contributed by atoms with van der Waals surface area (Å²) in [6.07, 6.45) is 0. The molecule has 2 aromatic carbocycles. The van der Waals surface area contributed by atoms with Crippen molar-refractivity contribution in [3.8, 4) is 6.07 Å². The lowest BCUT2D eigenvalue weighted by molar-refractivity contribution is -0.591. The summed E-state index contributed by atoms with van der Waals surface area (Å²) in [5, 5.41) is 10.9. The number of halogens is 1. The third-order valence-corrected chi connectivity index (χ3v) is 7.92. The molecule has 0 radical (unpaired) electrons. The first-order chi connectivity index (χ1) is 11.9. The molecule has 3 aromatic rings. The van der Waals surface area contributed by atoms with Crippen LogP contribution in [0.1, 0.15) is 11.1 Å². The minimum atomic E-state index is -4.27. The molecule has 0 bridgehead atoms. The number of hydrogen-bond acceptors (Lipinski definition) is 5. The van der Waals surface area contributed by atoms with E-state index in [-0.39, 0.29) is 26.1 Å².